The molecule has 0 fully saturated rings. The third kappa shape index (κ3) is 6.39. The third-order valence-electron chi connectivity index (χ3n) is 13.2. The Labute approximate surface area is 364 Å². The largest absolute Gasteiger partial charge is 0.366 e. The molecule has 4 heteroatoms. The molecule has 300 valence electrons. The highest BCUT2D eigenvalue weighted by Gasteiger charge is 2.49. The van der Waals surface area contributed by atoms with Crippen LogP contribution in [0.15, 0.2) is 231 Å². The molecule has 4 nitrogen and oxygen atoms in total. The van der Waals surface area contributed by atoms with Gasteiger partial charge in [-0.15, -0.1) is 0 Å². The third-order valence-corrected chi connectivity index (χ3v) is 13.2. The monoisotopic (exact) mass is 800 g/mol. The summed E-state index contributed by atoms with van der Waals surface area (Å²) in [5, 5.41) is 11.3. The minimum Gasteiger partial charge on any atom is -0.366 e. The van der Waals surface area contributed by atoms with Crippen LogP contribution in [0.3, 0.4) is 0 Å². The zero-order valence-electron chi connectivity index (χ0n) is 34.7. The first-order valence-electron chi connectivity index (χ1n) is 21.7. The Morgan fingerprint density at radius 1 is 0.532 bits per heavy atom. The number of anilines is 3. The Bertz CT molecular complexity index is 2870. The fraction of sp³-hybridized carbons (Fsp3) is 0.103. The maximum Gasteiger partial charge on any atom is 0.105 e. The maximum atomic E-state index is 3.93. The minimum atomic E-state index is -0.496. The van der Waals surface area contributed by atoms with Gasteiger partial charge in [0.25, 0.3) is 0 Å². The predicted octanol–water partition coefficient (Wildman–Crippen LogP) is 12.9. The van der Waals surface area contributed by atoms with Gasteiger partial charge in [-0.1, -0.05) is 200 Å². The second-order valence-electron chi connectivity index (χ2n) is 16.6. The molecule has 3 N–H and O–H groups in total. The van der Waals surface area contributed by atoms with E-state index in [4.69, 9.17) is 0 Å². The summed E-state index contributed by atoms with van der Waals surface area (Å²) in [5.41, 5.74) is 16.9. The van der Waals surface area contributed by atoms with Crippen molar-refractivity contribution in [3.8, 4) is 11.1 Å². The van der Waals surface area contributed by atoms with E-state index in [2.05, 4.69) is 251 Å². The standard InChI is InChI=1S/C58H48N4/c1-59-56(41-22-9-3-10-23-41)61-57(42-24-11-4-12-25-42)60-46-30-19-31-47(37-46)62-54-36-43(40-20-7-2-8-21-40)34-35-49(54)51-38-50-48-32-17-18-33-52(48)58(53(50)39-55(51)62,44-26-13-5-14-27-44)45-28-15-6-16-29-45/h2-39,49,54,56-57,59-61H,1H3. The summed E-state index contributed by atoms with van der Waals surface area (Å²) in [4.78, 5) is 2.60. The van der Waals surface area contributed by atoms with Gasteiger partial charge in [-0.2, -0.15) is 0 Å². The van der Waals surface area contributed by atoms with E-state index in [1.54, 1.807) is 0 Å². The van der Waals surface area contributed by atoms with Crippen molar-refractivity contribution in [2.75, 3.05) is 17.3 Å². The van der Waals surface area contributed by atoms with Crippen molar-refractivity contribution in [2.45, 2.75) is 29.7 Å². The minimum absolute atomic E-state index is 0.0656. The van der Waals surface area contributed by atoms with Crippen LogP contribution in [0.25, 0.3) is 16.7 Å². The molecule has 0 spiro atoms. The molecule has 0 radical (unpaired) electrons. The van der Waals surface area contributed by atoms with Crippen LogP contribution in [0.2, 0.25) is 0 Å². The number of benzene rings is 8. The van der Waals surface area contributed by atoms with Crippen molar-refractivity contribution in [1.82, 2.24) is 10.6 Å². The number of allylic oxidation sites excluding steroid dienone is 2. The lowest BCUT2D eigenvalue weighted by Gasteiger charge is -2.35. The van der Waals surface area contributed by atoms with Crippen LogP contribution in [0.5, 0.6) is 0 Å². The Morgan fingerprint density at radius 2 is 1.13 bits per heavy atom. The molecular weight excluding hydrogens is 753 g/mol. The Balaban J connectivity index is 1.08. The van der Waals surface area contributed by atoms with Gasteiger partial charge >= 0.3 is 0 Å². The van der Waals surface area contributed by atoms with Crippen LogP contribution < -0.4 is 20.9 Å². The van der Waals surface area contributed by atoms with Crippen LogP contribution >= 0.6 is 0 Å². The Hall–Kier alpha value is -7.24. The number of nitrogens with one attached hydrogen (secondary N) is 3. The molecule has 1 heterocycles. The first-order valence-corrected chi connectivity index (χ1v) is 21.7. The second kappa shape index (κ2) is 16.0. The average molecular weight is 801 g/mol. The lowest BCUT2D eigenvalue weighted by Crippen LogP contribution is -2.38. The van der Waals surface area contributed by atoms with Gasteiger partial charge in [0.1, 0.15) is 6.17 Å². The fourth-order valence-corrected chi connectivity index (χ4v) is 10.4. The van der Waals surface area contributed by atoms with Gasteiger partial charge in [-0.25, -0.2) is 0 Å². The van der Waals surface area contributed by atoms with Gasteiger partial charge < -0.3 is 15.5 Å². The van der Waals surface area contributed by atoms with Crippen LogP contribution in [0.1, 0.15) is 62.8 Å². The molecule has 1 aliphatic heterocycles. The zero-order chi connectivity index (χ0) is 41.5. The summed E-state index contributed by atoms with van der Waals surface area (Å²) in [5.74, 6) is 0.163. The molecule has 8 aromatic carbocycles. The first-order chi connectivity index (χ1) is 30.7. The topological polar surface area (TPSA) is 39.3 Å². The summed E-state index contributed by atoms with van der Waals surface area (Å²) in [6.07, 6.45) is 7.03. The lowest BCUT2D eigenvalue weighted by atomic mass is 9.67. The molecule has 0 saturated carbocycles. The number of hydrogen-bond donors (Lipinski definition) is 3. The van der Waals surface area contributed by atoms with E-state index >= 15 is 0 Å². The average Bonchev–Trinajstić information content (AvgIpc) is 3.83. The molecule has 8 aromatic rings. The van der Waals surface area contributed by atoms with Crippen molar-refractivity contribution >= 4 is 22.6 Å². The van der Waals surface area contributed by atoms with E-state index in [0.29, 0.717) is 0 Å². The molecule has 2 aliphatic carbocycles. The van der Waals surface area contributed by atoms with E-state index < -0.39 is 5.41 Å². The number of hydrogen-bond acceptors (Lipinski definition) is 4. The summed E-state index contributed by atoms with van der Waals surface area (Å²) in [6.45, 7) is 0. The first kappa shape index (κ1) is 37.7. The van der Waals surface area contributed by atoms with Gasteiger partial charge in [0.15, 0.2) is 0 Å². The molecule has 3 aliphatic rings. The van der Waals surface area contributed by atoms with Gasteiger partial charge in [0.2, 0.25) is 0 Å². The van der Waals surface area contributed by atoms with Crippen molar-refractivity contribution in [3.05, 3.63) is 275 Å². The van der Waals surface area contributed by atoms with Crippen molar-refractivity contribution < 1.29 is 0 Å². The van der Waals surface area contributed by atoms with E-state index in [1.165, 1.54) is 61.3 Å². The van der Waals surface area contributed by atoms with Crippen LogP contribution in [-0.2, 0) is 5.41 Å². The van der Waals surface area contributed by atoms with E-state index in [0.717, 1.165) is 16.9 Å². The van der Waals surface area contributed by atoms with Gasteiger partial charge in [0, 0.05) is 23.0 Å². The Kier molecular flexibility index (Phi) is 9.73. The maximum absolute atomic E-state index is 3.93. The molecule has 0 amide bonds. The molecule has 0 aromatic heterocycles. The Morgan fingerprint density at radius 3 is 1.79 bits per heavy atom. The molecular formula is C58H48N4. The summed E-state index contributed by atoms with van der Waals surface area (Å²) >= 11 is 0. The smallest absolute Gasteiger partial charge is 0.105 e. The number of fused-ring (bicyclic) bond motifs is 6. The lowest BCUT2D eigenvalue weighted by molar-refractivity contribution is 0.428. The summed E-state index contributed by atoms with van der Waals surface area (Å²) in [7, 11) is 2.00. The number of nitrogens with zero attached hydrogens (tertiary/aromatic N) is 1. The molecule has 4 unspecified atom stereocenters. The number of rotatable bonds is 11. The highest BCUT2D eigenvalue weighted by molar-refractivity contribution is 5.92. The van der Waals surface area contributed by atoms with E-state index in [1.807, 2.05) is 7.05 Å². The normalized spacial score (nSPS) is 17.6. The van der Waals surface area contributed by atoms with Crippen molar-refractivity contribution in [2.24, 2.45) is 0 Å². The quantitative estimate of drug-likeness (QED) is 0.114. The molecule has 4 atom stereocenters. The molecule has 0 bridgehead atoms. The van der Waals surface area contributed by atoms with Crippen LogP contribution in [0, 0.1) is 0 Å². The summed E-state index contributed by atoms with van der Waals surface area (Å²) in [6, 6.07) is 77.4. The van der Waals surface area contributed by atoms with E-state index in [-0.39, 0.29) is 24.3 Å². The molecule has 0 saturated heterocycles. The van der Waals surface area contributed by atoms with Crippen LogP contribution in [0.4, 0.5) is 17.1 Å². The van der Waals surface area contributed by atoms with Gasteiger partial charge in [-0.3, -0.25) is 5.32 Å². The molecule has 62 heavy (non-hydrogen) atoms. The van der Waals surface area contributed by atoms with E-state index in [9.17, 15) is 0 Å². The summed E-state index contributed by atoms with van der Waals surface area (Å²) < 4.78 is 0. The molecule has 11 rings (SSSR count). The van der Waals surface area contributed by atoms with Crippen molar-refractivity contribution in [3.63, 3.8) is 0 Å². The highest BCUT2D eigenvalue weighted by atomic mass is 15.2. The second-order valence-corrected chi connectivity index (χ2v) is 16.6. The van der Waals surface area contributed by atoms with Crippen molar-refractivity contribution in [1.29, 1.82) is 0 Å². The predicted molar refractivity (Wildman–Crippen MR) is 257 cm³/mol. The zero-order valence-corrected chi connectivity index (χ0v) is 34.7. The van der Waals surface area contributed by atoms with Gasteiger partial charge in [0.05, 0.1) is 17.6 Å². The van der Waals surface area contributed by atoms with Gasteiger partial charge in [-0.05, 0) is 98.6 Å². The fourth-order valence-electron chi connectivity index (χ4n) is 10.4. The highest BCUT2D eigenvalue weighted by Crippen LogP contribution is 2.60. The SMILES string of the molecule is CNC(NC(Nc1cccc(N2c3cc4c(cc3C3C=CC(c5ccccc5)=CC32)-c2ccccc2C4(c2ccccc2)c2ccccc2)c1)c1ccccc1)c1ccccc1. The van der Waals surface area contributed by atoms with Crippen LogP contribution in [-0.4, -0.2) is 13.1 Å².